The number of ether oxygens (including phenoxy) is 2. The summed E-state index contributed by atoms with van der Waals surface area (Å²) in [4.78, 5) is 0. The molecule has 0 aromatic heterocycles. The van der Waals surface area contributed by atoms with Crippen LogP contribution in [-0.2, 0) is 20.7 Å². The van der Waals surface area contributed by atoms with Crippen molar-refractivity contribution >= 4 is 10.1 Å². The second-order valence-corrected chi connectivity index (χ2v) is 5.89. The molecule has 9 heteroatoms. The molecule has 0 amide bonds. The quantitative estimate of drug-likeness (QED) is 0.484. The summed E-state index contributed by atoms with van der Waals surface area (Å²) in [6.45, 7) is 1.57. The summed E-state index contributed by atoms with van der Waals surface area (Å²) in [5, 5.41) is 0. The van der Waals surface area contributed by atoms with Crippen LogP contribution in [-0.4, -0.2) is 20.7 Å². The molecule has 116 valence electrons. The van der Waals surface area contributed by atoms with Gasteiger partial charge in [-0.15, -0.1) is 0 Å². The molecular formula is C12H11F3O5S. The van der Waals surface area contributed by atoms with Gasteiger partial charge in [-0.25, -0.2) is 0 Å². The Labute approximate surface area is 119 Å². The first-order valence-electron chi connectivity index (χ1n) is 5.73. The second kappa shape index (κ2) is 5.47. The van der Waals surface area contributed by atoms with Crippen molar-refractivity contribution in [2.75, 3.05) is 6.79 Å². The maximum absolute atomic E-state index is 12.1. The average molecular weight is 324 g/mol. The Morgan fingerprint density at radius 2 is 2.00 bits per heavy atom. The Morgan fingerprint density at radius 1 is 1.33 bits per heavy atom. The van der Waals surface area contributed by atoms with Crippen LogP contribution in [0.4, 0.5) is 13.2 Å². The third-order valence-corrected chi connectivity index (χ3v) is 3.50. The van der Waals surface area contributed by atoms with Crippen LogP contribution >= 0.6 is 0 Å². The predicted octanol–water partition coefficient (Wildman–Crippen LogP) is 2.73. The molecule has 0 spiro atoms. The van der Waals surface area contributed by atoms with Crippen LogP contribution in [0.15, 0.2) is 30.0 Å². The maximum atomic E-state index is 12.1. The van der Waals surface area contributed by atoms with Gasteiger partial charge < -0.3 is 13.7 Å². The van der Waals surface area contributed by atoms with Crippen LogP contribution in [0.5, 0.6) is 11.5 Å². The summed E-state index contributed by atoms with van der Waals surface area (Å²) in [5.41, 5.74) is -4.41. The minimum atomic E-state index is -5.62. The van der Waals surface area contributed by atoms with E-state index in [1.165, 1.54) is 6.92 Å². The first kappa shape index (κ1) is 15.5. The van der Waals surface area contributed by atoms with Crippen molar-refractivity contribution in [2.24, 2.45) is 0 Å². The van der Waals surface area contributed by atoms with Gasteiger partial charge >= 0.3 is 15.6 Å². The van der Waals surface area contributed by atoms with Gasteiger partial charge in [0.2, 0.25) is 6.79 Å². The largest absolute Gasteiger partial charge is 0.534 e. The Kier molecular flexibility index (Phi) is 4.04. The number of benzene rings is 1. The average Bonchev–Trinajstić information content (AvgIpc) is 2.82. The third kappa shape index (κ3) is 3.60. The van der Waals surface area contributed by atoms with Crippen molar-refractivity contribution < 1.29 is 35.2 Å². The van der Waals surface area contributed by atoms with Gasteiger partial charge in [-0.3, -0.25) is 0 Å². The van der Waals surface area contributed by atoms with Crippen molar-refractivity contribution in [3.63, 3.8) is 0 Å². The summed E-state index contributed by atoms with van der Waals surface area (Å²) >= 11 is 0. The minimum Gasteiger partial charge on any atom is -0.454 e. The molecule has 0 bridgehead atoms. The molecule has 0 atom stereocenters. The highest BCUT2D eigenvalue weighted by Gasteiger charge is 2.47. The number of allylic oxidation sites excluding steroid dienone is 1. The Balaban J connectivity index is 2.05. The normalized spacial score (nSPS) is 15.1. The van der Waals surface area contributed by atoms with Crippen molar-refractivity contribution in [1.29, 1.82) is 0 Å². The van der Waals surface area contributed by atoms with Gasteiger partial charge in [-0.2, -0.15) is 21.6 Å². The third-order valence-electron chi connectivity index (χ3n) is 2.58. The first-order chi connectivity index (χ1) is 9.69. The van der Waals surface area contributed by atoms with Gasteiger partial charge in [0.1, 0.15) is 6.26 Å². The smallest absolute Gasteiger partial charge is 0.454 e. The SMILES string of the molecule is C/C(=C\OS(=O)(=O)C(F)(F)F)Cc1ccc2c(c1)OCO2. The van der Waals surface area contributed by atoms with Gasteiger partial charge in [-0.05, 0) is 36.6 Å². The molecule has 1 aromatic rings. The van der Waals surface area contributed by atoms with E-state index in [1.54, 1.807) is 18.2 Å². The lowest BCUT2D eigenvalue weighted by molar-refractivity contribution is -0.0515. The molecular weight excluding hydrogens is 313 g/mol. The fourth-order valence-electron chi connectivity index (χ4n) is 1.61. The molecule has 0 fully saturated rings. The van der Waals surface area contributed by atoms with Crippen molar-refractivity contribution in [3.8, 4) is 11.5 Å². The molecule has 21 heavy (non-hydrogen) atoms. The molecule has 0 saturated carbocycles. The standard InChI is InChI=1S/C12H11F3O5S/c1-8(6-20-21(16,17)12(13,14)15)4-9-2-3-10-11(5-9)19-7-18-10/h2-3,5-6H,4,7H2,1H3/b8-6+. The summed E-state index contributed by atoms with van der Waals surface area (Å²) < 4.78 is 71.9. The van der Waals surface area contributed by atoms with Crippen LogP contribution in [0.25, 0.3) is 0 Å². The van der Waals surface area contributed by atoms with Crippen LogP contribution in [0.3, 0.4) is 0 Å². The van der Waals surface area contributed by atoms with Gasteiger partial charge in [-0.1, -0.05) is 6.07 Å². The lowest BCUT2D eigenvalue weighted by atomic mass is 10.1. The van der Waals surface area contributed by atoms with E-state index >= 15 is 0 Å². The van der Waals surface area contributed by atoms with Crippen molar-refractivity contribution in [2.45, 2.75) is 18.9 Å². The van der Waals surface area contributed by atoms with Crippen molar-refractivity contribution in [1.82, 2.24) is 0 Å². The monoisotopic (exact) mass is 324 g/mol. The maximum Gasteiger partial charge on any atom is 0.534 e. The Morgan fingerprint density at radius 3 is 2.67 bits per heavy atom. The lowest BCUT2D eigenvalue weighted by Crippen LogP contribution is -2.23. The number of alkyl halides is 3. The van der Waals surface area contributed by atoms with E-state index < -0.39 is 15.6 Å². The zero-order valence-electron chi connectivity index (χ0n) is 10.8. The zero-order valence-corrected chi connectivity index (χ0v) is 11.6. The van der Waals surface area contributed by atoms with Gasteiger partial charge in [0.25, 0.3) is 0 Å². The minimum absolute atomic E-state index is 0.112. The van der Waals surface area contributed by atoms with Gasteiger partial charge in [0, 0.05) is 0 Å². The highest BCUT2D eigenvalue weighted by Crippen LogP contribution is 2.33. The fourth-order valence-corrected chi connectivity index (χ4v) is 2.01. The predicted molar refractivity (Wildman–Crippen MR) is 66.1 cm³/mol. The topological polar surface area (TPSA) is 61.8 Å². The molecule has 1 aromatic carbocycles. The molecule has 0 unspecified atom stereocenters. The van der Waals surface area contributed by atoms with E-state index in [4.69, 9.17) is 9.47 Å². The molecule has 0 N–H and O–H groups in total. The molecule has 5 nitrogen and oxygen atoms in total. The Hall–Kier alpha value is -1.90. The number of rotatable bonds is 4. The number of halogens is 3. The van der Waals surface area contributed by atoms with Crippen LogP contribution in [0.2, 0.25) is 0 Å². The van der Waals surface area contributed by atoms with Gasteiger partial charge in [0.15, 0.2) is 11.5 Å². The van der Waals surface area contributed by atoms with E-state index in [1.807, 2.05) is 0 Å². The number of fused-ring (bicyclic) bond motifs is 1. The summed E-state index contributed by atoms with van der Waals surface area (Å²) in [6.07, 6.45) is 0.789. The van der Waals surface area contributed by atoms with Crippen LogP contribution in [0, 0.1) is 0 Å². The molecule has 1 heterocycles. The zero-order chi connectivity index (χ0) is 15.7. The molecule has 0 saturated heterocycles. The van der Waals surface area contributed by atoms with E-state index in [0.717, 1.165) is 5.56 Å². The fraction of sp³-hybridized carbons (Fsp3) is 0.333. The first-order valence-corrected chi connectivity index (χ1v) is 7.13. The summed E-state index contributed by atoms with van der Waals surface area (Å²) in [6, 6.07) is 5.03. The molecule has 2 rings (SSSR count). The molecule has 0 aliphatic carbocycles. The second-order valence-electron chi connectivity index (χ2n) is 4.32. The highest BCUT2D eigenvalue weighted by atomic mass is 32.2. The molecule has 1 aliphatic heterocycles. The van der Waals surface area contributed by atoms with Crippen LogP contribution in [0.1, 0.15) is 12.5 Å². The Bertz CT molecular complexity index is 664. The van der Waals surface area contributed by atoms with E-state index in [0.29, 0.717) is 23.3 Å². The molecule has 1 aliphatic rings. The molecule has 0 radical (unpaired) electrons. The highest BCUT2D eigenvalue weighted by molar-refractivity contribution is 7.87. The van der Waals surface area contributed by atoms with Crippen LogP contribution < -0.4 is 9.47 Å². The van der Waals surface area contributed by atoms with E-state index in [2.05, 4.69) is 4.18 Å². The van der Waals surface area contributed by atoms with E-state index in [9.17, 15) is 21.6 Å². The van der Waals surface area contributed by atoms with E-state index in [-0.39, 0.29) is 13.2 Å². The van der Waals surface area contributed by atoms with Gasteiger partial charge in [0.05, 0.1) is 0 Å². The lowest BCUT2D eigenvalue weighted by Gasteiger charge is -2.07. The number of hydrogen-bond acceptors (Lipinski definition) is 5. The van der Waals surface area contributed by atoms with Crippen molar-refractivity contribution in [3.05, 3.63) is 35.6 Å². The summed E-state index contributed by atoms with van der Waals surface area (Å²) in [7, 11) is -5.62. The summed E-state index contributed by atoms with van der Waals surface area (Å²) in [5.74, 6) is 1.11. The number of hydrogen-bond donors (Lipinski definition) is 0.